The fourth-order valence-corrected chi connectivity index (χ4v) is 2.33. The molecule has 0 saturated heterocycles. The predicted molar refractivity (Wildman–Crippen MR) is 74.0 cm³/mol. The highest BCUT2D eigenvalue weighted by molar-refractivity contribution is 7.18. The van der Waals surface area contributed by atoms with Gasteiger partial charge in [-0.05, 0) is 6.92 Å². The second-order valence-corrected chi connectivity index (χ2v) is 5.30. The van der Waals surface area contributed by atoms with Gasteiger partial charge in [-0.25, -0.2) is 4.79 Å². The van der Waals surface area contributed by atoms with Gasteiger partial charge in [0.25, 0.3) is 0 Å². The monoisotopic (exact) mass is 296 g/mol. The van der Waals surface area contributed by atoms with Gasteiger partial charge >= 0.3 is 11.9 Å². The van der Waals surface area contributed by atoms with Gasteiger partial charge < -0.3 is 15.2 Å². The molecule has 20 heavy (non-hydrogen) atoms. The third-order valence-electron chi connectivity index (χ3n) is 2.44. The molecule has 108 valence electrons. The van der Waals surface area contributed by atoms with E-state index >= 15 is 0 Å². The lowest BCUT2D eigenvalue weighted by Crippen LogP contribution is -2.13. The molecule has 0 aliphatic heterocycles. The van der Waals surface area contributed by atoms with Crippen molar-refractivity contribution in [3.05, 3.63) is 16.0 Å². The van der Waals surface area contributed by atoms with E-state index < -0.39 is 11.9 Å². The molecular formula is C13H16N2O4S. The maximum Gasteiger partial charge on any atom is 0.348 e. The lowest BCUT2D eigenvalue weighted by molar-refractivity contribution is -0.148. The second-order valence-electron chi connectivity index (χ2n) is 4.24. The van der Waals surface area contributed by atoms with Gasteiger partial charge in [0, 0.05) is 5.56 Å². The number of hydrogen-bond acceptors (Lipinski definition) is 7. The van der Waals surface area contributed by atoms with Crippen LogP contribution in [0.3, 0.4) is 0 Å². The first-order chi connectivity index (χ1) is 9.42. The van der Waals surface area contributed by atoms with Gasteiger partial charge in [-0.1, -0.05) is 13.8 Å². The van der Waals surface area contributed by atoms with Crippen LogP contribution in [0.4, 0.5) is 5.00 Å². The zero-order chi connectivity index (χ0) is 15.3. The molecule has 2 N–H and O–H groups in total. The molecule has 1 rings (SSSR count). The molecular weight excluding hydrogens is 280 g/mol. The van der Waals surface area contributed by atoms with E-state index in [1.807, 2.05) is 6.07 Å². The Morgan fingerprint density at radius 3 is 2.55 bits per heavy atom. The van der Waals surface area contributed by atoms with E-state index in [1.165, 1.54) is 0 Å². The van der Waals surface area contributed by atoms with Crippen LogP contribution in [0.1, 0.15) is 41.6 Å². The van der Waals surface area contributed by atoms with Gasteiger partial charge in [0.05, 0.1) is 18.1 Å². The molecule has 0 atom stereocenters. The number of hydrogen-bond donors (Lipinski definition) is 1. The van der Waals surface area contributed by atoms with Crippen molar-refractivity contribution in [1.29, 1.82) is 5.26 Å². The Labute approximate surface area is 121 Å². The van der Waals surface area contributed by atoms with Crippen molar-refractivity contribution < 1.29 is 19.1 Å². The van der Waals surface area contributed by atoms with Crippen LogP contribution >= 0.6 is 11.3 Å². The maximum atomic E-state index is 11.8. The fraction of sp³-hybridized carbons (Fsp3) is 0.462. The number of nitrogens with two attached hydrogens (primary N) is 1. The highest BCUT2D eigenvalue weighted by Crippen LogP contribution is 2.31. The van der Waals surface area contributed by atoms with Gasteiger partial charge in [-0.15, -0.1) is 11.3 Å². The molecule has 1 heterocycles. The third kappa shape index (κ3) is 3.48. The summed E-state index contributed by atoms with van der Waals surface area (Å²) in [5.41, 5.74) is 6.17. The topological polar surface area (TPSA) is 102 Å². The molecule has 0 aliphatic rings. The largest absolute Gasteiger partial charge is 0.462 e. The third-order valence-corrected chi connectivity index (χ3v) is 3.48. The number of thiophene rings is 1. The van der Waals surface area contributed by atoms with Crippen LogP contribution in [0.15, 0.2) is 0 Å². The zero-order valence-electron chi connectivity index (χ0n) is 11.6. The minimum Gasteiger partial charge on any atom is -0.462 e. The first kappa shape index (κ1) is 16.0. The molecule has 0 aromatic carbocycles. The van der Waals surface area contributed by atoms with Crippen LogP contribution in [-0.4, -0.2) is 18.5 Å². The molecule has 0 spiro atoms. The van der Waals surface area contributed by atoms with Gasteiger partial charge in [0.1, 0.15) is 22.6 Å². The van der Waals surface area contributed by atoms with Crippen LogP contribution < -0.4 is 5.73 Å². The average Bonchev–Trinajstić information content (AvgIpc) is 2.72. The normalized spacial score (nSPS) is 10.2. The van der Waals surface area contributed by atoms with Crippen molar-refractivity contribution in [3.63, 3.8) is 0 Å². The standard InChI is InChI=1S/C13H16N2O4S/c1-4-18-13(17)10-9(6-19-12(16)7(2)3)8(5-14)11(15)20-10/h7H,4,6,15H2,1-3H3. The Balaban J connectivity index is 3.06. The number of nitrogen functional groups attached to an aromatic ring is 1. The lowest BCUT2D eigenvalue weighted by atomic mass is 10.1. The number of ether oxygens (including phenoxy) is 2. The van der Waals surface area contributed by atoms with Crippen molar-refractivity contribution in [3.8, 4) is 6.07 Å². The quantitative estimate of drug-likeness (QED) is 0.834. The van der Waals surface area contributed by atoms with Gasteiger partial charge in [-0.3, -0.25) is 4.79 Å². The minimum absolute atomic E-state index is 0.162. The smallest absolute Gasteiger partial charge is 0.348 e. The van der Waals surface area contributed by atoms with Crippen LogP contribution in [0.25, 0.3) is 0 Å². The van der Waals surface area contributed by atoms with Gasteiger partial charge in [0.15, 0.2) is 0 Å². The Kier molecular flexibility index (Phi) is 5.53. The summed E-state index contributed by atoms with van der Waals surface area (Å²) in [6.07, 6.45) is 0. The number of rotatable bonds is 5. The molecule has 0 aliphatic carbocycles. The number of anilines is 1. The molecule has 0 fully saturated rings. The van der Waals surface area contributed by atoms with E-state index in [2.05, 4.69) is 0 Å². The van der Waals surface area contributed by atoms with Crippen molar-refractivity contribution in [1.82, 2.24) is 0 Å². The van der Waals surface area contributed by atoms with E-state index in [0.717, 1.165) is 11.3 Å². The minimum atomic E-state index is -0.568. The number of nitriles is 1. The highest BCUT2D eigenvalue weighted by Gasteiger charge is 2.24. The summed E-state index contributed by atoms with van der Waals surface area (Å²) in [7, 11) is 0. The van der Waals surface area contributed by atoms with E-state index in [9.17, 15) is 9.59 Å². The summed E-state index contributed by atoms with van der Waals surface area (Å²) >= 11 is 0.963. The van der Waals surface area contributed by atoms with E-state index in [0.29, 0.717) is 5.56 Å². The summed E-state index contributed by atoms with van der Waals surface area (Å²) in [5, 5.41) is 9.30. The summed E-state index contributed by atoms with van der Waals surface area (Å²) in [5.74, 6) is -1.27. The molecule has 0 amide bonds. The highest BCUT2D eigenvalue weighted by atomic mass is 32.1. The van der Waals surface area contributed by atoms with Crippen molar-refractivity contribution in [2.45, 2.75) is 27.4 Å². The Hall–Kier alpha value is -2.07. The Morgan fingerprint density at radius 2 is 2.05 bits per heavy atom. The Bertz CT molecular complexity index is 557. The first-order valence-corrected chi connectivity index (χ1v) is 6.88. The molecule has 0 bridgehead atoms. The lowest BCUT2D eigenvalue weighted by Gasteiger charge is -2.08. The Morgan fingerprint density at radius 1 is 1.40 bits per heavy atom. The van der Waals surface area contributed by atoms with Gasteiger partial charge in [-0.2, -0.15) is 5.26 Å². The van der Waals surface area contributed by atoms with Gasteiger partial charge in [0.2, 0.25) is 0 Å². The fourth-order valence-electron chi connectivity index (χ4n) is 1.42. The van der Waals surface area contributed by atoms with Crippen LogP contribution in [0, 0.1) is 17.2 Å². The number of carbonyl (C=O) groups is 2. The van der Waals surface area contributed by atoms with Crippen molar-refractivity contribution >= 4 is 28.3 Å². The number of nitrogens with zero attached hydrogens (tertiary/aromatic N) is 1. The van der Waals surface area contributed by atoms with Crippen molar-refractivity contribution in [2.75, 3.05) is 12.3 Å². The van der Waals surface area contributed by atoms with E-state index in [4.69, 9.17) is 20.5 Å². The van der Waals surface area contributed by atoms with Crippen LogP contribution in [-0.2, 0) is 20.9 Å². The average molecular weight is 296 g/mol. The molecule has 0 saturated carbocycles. The second kappa shape index (κ2) is 6.91. The molecule has 7 heteroatoms. The van der Waals surface area contributed by atoms with E-state index in [-0.39, 0.29) is 34.6 Å². The van der Waals surface area contributed by atoms with Crippen LogP contribution in [0.5, 0.6) is 0 Å². The summed E-state index contributed by atoms with van der Waals surface area (Å²) in [6.45, 7) is 5.12. The number of carbonyl (C=O) groups excluding carboxylic acids is 2. The number of esters is 2. The summed E-state index contributed by atoms with van der Waals surface area (Å²) in [4.78, 5) is 23.5. The summed E-state index contributed by atoms with van der Waals surface area (Å²) < 4.78 is 9.97. The van der Waals surface area contributed by atoms with E-state index in [1.54, 1.807) is 20.8 Å². The molecule has 1 aromatic heterocycles. The van der Waals surface area contributed by atoms with Crippen molar-refractivity contribution in [2.24, 2.45) is 5.92 Å². The predicted octanol–water partition coefficient (Wildman–Crippen LogP) is 2.08. The molecule has 0 unspecified atom stereocenters. The van der Waals surface area contributed by atoms with Crippen LogP contribution in [0.2, 0.25) is 0 Å². The zero-order valence-corrected chi connectivity index (χ0v) is 12.4. The molecule has 6 nitrogen and oxygen atoms in total. The first-order valence-electron chi connectivity index (χ1n) is 6.07. The molecule has 1 aromatic rings. The SMILES string of the molecule is CCOC(=O)c1sc(N)c(C#N)c1COC(=O)C(C)C. The maximum absolute atomic E-state index is 11.8. The molecule has 0 radical (unpaired) electrons. The summed E-state index contributed by atoms with van der Waals surface area (Å²) in [6, 6.07) is 1.92.